The van der Waals surface area contributed by atoms with E-state index in [0.29, 0.717) is 16.6 Å². The van der Waals surface area contributed by atoms with Crippen LogP contribution in [-0.4, -0.2) is 57.3 Å². The van der Waals surface area contributed by atoms with Crippen molar-refractivity contribution < 1.29 is 54.9 Å². The van der Waals surface area contributed by atoms with E-state index < -0.39 is 40.0 Å². The lowest BCUT2D eigenvalue weighted by molar-refractivity contribution is -0.0500. The van der Waals surface area contributed by atoms with Gasteiger partial charge in [-0.25, -0.2) is 9.59 Å². The van der Waals surface area contributed by atoms with Crippen molar-refractivity contribution in [2.75, 3.05) is 24.0 Å². The Morgan fingerprint density at radius 2 is 0.845 bits per heavy atom. The Bertz CT molecular complexity index is 3040. The Morgan fingerprint density at radius 3 is 1.23 bits per heavy atom. The molecule has 2 N–H and O–H groups in total. The number of esters is 2. The molecule has 0 saturated carbocycles. The van der Waals surface area contributed by atoms with Crippen LogP contribution in [0.25, 0.3) is 11.1 Å². The molecule has 0 aliphatic rings. The highest BCUT2D eigenvalue weighted by Crippen LogP contribution is 2.37. The molecule has 16 heteroatoms. The maximum Gasteiger partial charge on any atom is 0.534 e. The van der Waals surface area contributed by atoms with E-state index in [0.717, 1.165) is 70.1 Å². The maximum atomic E-state index is 12.2. The highest BCUT2D eigenvalue weighted by Gasteiger charge is 2.49. The molecular weight excluding hydrogens is 932 g/mol. The topological polar surface area (TPSA) is 143 Å². The molecule has 11 nitrogen and oxygen atoms in total. The number of halogens is 3. The third-order valence-electron chi connectivity index (χ3n) is 10.5. The second-order valence-corrected chi connectivity index (χ2v) is 17.1. The minimum atomic E-state index is -5.84. The van der Waals surface area contributed by atoms with Crippen LogP contribution in [0.3, 0.4) is 0 Å². The lowest BCUT2D eigenvalue weighted by atomic mass is 9.80. The fraction of sp³-hybridized carbons (Fsp3) is 0.0909. The summed E-state index contributed by atoms with van der Waals surface area (Å²) in [5.41, 5.74) is 4.68. The molecule has 8 aromatic carbocycles. The van der Waals surface area contributed by atoms with Crippen LogP contribution in [0.1, 0.15) is 31.8 Å². The number of benzene rings is 8. The van der Waals surface area contributed by atoms with E-state index in [-0.39, 0.29) is 5.97 Å². The van der Waals surface area contributed by atoms with Crippen LogP contribution >= 0.6 is 0 Å². The lowest BCUT2D eigenvalue weighted by Gasteiger charge is -2.25. The molecule has 0 unspecified atom stereocenters. The molecule has 71 heavy (non-hydrogen) atoms. The van der Waals surface area contributed by atoms with Gasteiger partial charge in [0.2, 0.25) is 0 Å². The predicted molar refractivity (Wildman–Crippen MR) is 272 cm³/mol. The number of hydrogen-bond acceptors (Lipinski definition) is 11. The van der Waals surface area contributed by atoms with E-state index >= 15 is 0 Å². The van der Waals surface area contributed by atoms with Crippen molar-refractivity contribution in [2.45, 2.75) is 19.4 Å². The summed E-state index contributed by atoms with van der Waals surface area (Å²) in [6.45, 7) is 3.51. The van der Waals surface area contributed by atoms with Crippen LogP contribution in [-0.2, 0) is 19.6 Å². The fourth-order valence-electron chi connectivity index (χ4n) is 7.12. The molecule has 0 aliphatic carbocycles. The molecule has 0 atom stereocenters. The van der Waals surface area contributed by atoms with E-state index in [4.69, 9.17) is 4.74 Å². The number of carbonyl (C=O) groups is 2. The largest absolute Gasteiger partial charge is 0.534 e. The van der Waals surface area contributed by atoms with E-state index in [9.17, 15) is 41.2 Å². The molecule has 0 aliphatic heterocycles. The SMILES string of the molecule is COC(=O)c1ccc(C)cc1-c1ccc(N(c2ccccc2)c2ccccc2)cc1.COC(=O)c1ccc(C)cc1OS(=O)(=O)C(F)(F)F.OB(O)c1ccc(N(c2ccccc2)c2ccccc2)cc1. The van der Waals surface area contributed by atoms with Crippen molar-refractivity contribution in [1.29, 1.82) is 0 Å². The van der Waals surface area contributed by atoms with E-state index in [1.807, 2.05) is 134 Å². The van der Waals surface area contributed by atoms with Crippen molar-refractivity contribution in [3.63, 3.8) is 0 Å². The van der Waals surface area contributed by atoms with E-state index in [1.54, 1.807) is 12.1 Å². The summed E-state index contributed by atoms with van der Waals surface area (Å²) in [5.74, 6) is -2.07. The summed E-state index contributed by atoms with van der Waals surface area (Å²) in [6.07, 6.45) is 0. The van der Waals surface area contributed by atoms with Gasteiger partial charge in [0.25, 0.3) is 0 Å². The van der Waals surface area contributed by atoms with Gasteiger partial charge < -0.3 is 33.5 Å². The van der Waals surface area contributed by atoms with Crippen molar-refractivity contribution in [3.8, 4) is 16.9 Å². The molecule has 0 heterocycles. The van der Waals surface area contributed by atoms with Gasteiger partial charge in [0, 0.05) is 34.1 Å². The second kappa shape index (κ2) is 23.9. The summed E-state index contributed by atoms with van der Waals surface area (Å²) >= 11 is 0. The Hall–Kier alpha value is -8.18. The molecule has 0 saturated heterocycles. The number of alkyl halides is 3. The normalized spacial score (nSPS) is 10.8. The zero-order chi connectivity index (χ0) is 51.1. The van der Waals surface area contributed by atoms with Crippen LogP contribution in [0.2, 0.25) is 0 Å². The van der Waals surface area contributed by atoms with Crippen LogP contribution in [0, 0.1) is 13.8 Å². The van der Waals surface area contributed by atoms with Gasteiger partial charge in [0.1, 0.15) is 5.56 Å². The molecule has 362 valence electrons. The van der Waals surface area contributed by atoms with Crippen molar-refractivity contribution in [2.24, 2.45) is 0 Å². The van der Waals surface area contributed by atoms with Crippen LogP contribution in [0.15, 0.2) is 206 Å². The van der Waals surface area contributed by atoms with Crippen molar-refractivity contribution in [3.05, 3.63) is 229 Å². The number of methoxy groups -OCH3 is 2. The molecule has 8 aromatic rings. The Balaban J connectivity index is 0.000000180. The summed E-state index contributed by atoms with van der Waals surface area (Å²) in [7, 11) is -4.87. The average molecular weight is 981 g/mol. The minimum absolute atomic E-state index is 0.329. The smallest absolute Gasteiger partial charge is 0.465 e. The number of para-hydroxylation sites is 4. The van der Waals surface area contributed by atoms with Gasteiger partial charge in [-0.15, -0.1) is 0 Å². The number of hydrogen-bond donors (Lipinski definition) is 2. The first kappa shape index (κ1) is 52.2. The minimum Gasteiger partial charge on any atom is -0.465 e. The number of carbonyl (C=O) groups excluding carboxylic acids is 2. The first-order valence-corrected chi connectivity index (χ1v) is 23.2. The molecule has 0 bridgehead atoms. The van der Waals surface area contributed by atoms with Gasteiger partial charge in [-0.3, -0.25) is 0 Å². The van der Waals surface area contributed by atoms with Crippen LogP contribution in [0.4, 0.5) is 47.3 Å². The average Bonchev–Trinajstić information content (AvgIpc) is 3.38. The first-order valence-electron chi connectivity index (χ1n) is 21.8. The van der Waals surface area contributed by atoms with Gasteiger partial charge in [-0.1, -0.05) is 121 Å². The third-order valence-corrected chi connectivity index (χ3v) is 11.5. The summed E-state index contributed by atoms with van der Waals surface area (Å²) in [5, 5.41) is 18.5. The standard InChI is InChI=1S/C27H23NO2.C18H16BNO2.C10H9F3O5S/c1-20-13-18-25(27(29)30-2)26(19-20)21-14-16-24(17-15-21)28(22-9-5-3-6-10-22)23-11-7-4-8-12-23;21-19(22)15-11-13-18(14-12-15)20(16-7-3-1-4-8-16)17-9-5-2-6-10-17;1-6-3-4-7(9(14)17-2)8(5-6)18-19(15,16)10(11,12)13/h3-19H,1-2H3;1-14,21-22H;3-5H,1-2H3. The first-order chi connectivity index (χ1) is 34.0. The second-order valence-electron chi connectivity index (χ2n) is 15.5. The summed E-state index contributed by atoms with van der Waals surface area (Å²) in [6, 6.07) is 65.4. The van der Waals surface area contributed by atoms with Gasteiger partial charge in [0.05, 0.1) is 19.8 Å². The summed E-state index contributed by atoms with van der Waals surface area (Å²) < 4.78 is 71.6. The lowest BCUT2D eigenvalue weighted by Crippen LogP contribution is -2.29. The molecular formula is C55H48BF3N2O9S. The van der Waals surface area contributed by atoms with Crippen molar-refractivity contribution in [1.82, 2.24) is 0 Å². The molecule has 0 fully saturated rings. The number of aryl methyl sites for hydroxylation is 2. The highest BCUT2D eigenvalue weighted by molar-refractivity contribution is 7.88. The quantitative estimate of drug-likeness (QED) is 0.0523. The zero-order valence-corrected chi connectivity index (χ0v) is 39.7. The Morgan fingerprint density at radius 1 is 0.493 bits per heavy atom. The molecule has 8 rings (SSSR count). The highest BCUT2D eigenvalue weighted by atomic mass is 32.2. The fourth-order valence-corrected chi connectivity index (χ4v) is 7.58. The van der Waals surface area contributed by atoms with E-state index in [2.05, 4.69) is 67.3 Å². The summed E-state index contributed by atoms with van der Waals surface area (Å²) in [4.78, 5) is 27.9. The maximum absolute atomic E-state index is 12.2. The molecule has 0 spiro atoms. The van der Waals surface area contributed by atoms with Gasteiger partial charge in [0.15, 0.2) is 5.75 Å². The van der Waals surface area contributed by atoms with Gasteiger partial charge in [-0.05, 0) is 127 Å². The van der Waals surface area contributed by atoms with Crippen molar-refractivity contribution >= 4 is 68.8 Å². The zero-order valence-electron chi connectivity index (χ0n) is 38.9. The number of ether oxygens (including phenoxy) is 2. The Kier molecular flexibility index (Phi) is 17.6. The Labute approximate surface area is 410 Å². The van der Waals surface area contributed by atoms with E-state index in [1.165, 1.54) is 20.1 Å². The predicted octanol–water partition coefficient (Wildman–Crippen LogP) is 11.8. The van der Waals surface area contributed by atoms with Crippen LogP contribution < -0.4 is 19.4 Å². The van der Waals surface area contributed by atoms with Crippen LogP contribution in [0.5, 0.6) is 5.75 Å². The molecule has 0 amide bonds. The number of nitrogens with zero attached hydrogens (tertiary/aromatic N) is 2. The van der Waals surface area contributed by atoms with Gasteiger partial charge in [-0.2, -0.15) is 21.6 Å². The monoisotopic (exact) mass is 980 g/mol. The number of anilines is 6. The van der Waals surface area contributed by atoms with Gasteiger partial charge >= 0.3 is 34.7 Å². The molecule has 0 radical (unpaired) electrons. The number of rotatable bonds is 12. The molecule has 0 aromatic heterocycles. The third kappa shape index (κ3) is 13.5.